The lowest BCUT2D eigenvalue weighted by atomic mass is 10.1. The number of nitrogens with two attached hydrogens (primary N) is 2. The number of nitrogen functional groups attached to an aromatic ring is 2. The minimum absolute atomic E-state index is 0.0382. The molecule has 0 radical (unpaired) electrons. The zero-order chi connectivity index (χ0) is 20.3. The Hall–Kier alpha value is -4.20. The van der Waals surface area contributed by atoms with Crippen molar-refractivity contribution in [3.05, 3.63) is 93.0 Å². The fraction of sp³-hybridized carbons (Fsp3) is 0. The molecule has 0 spiro atoms. The van der Waals surface area contributed by atoms with Crippen LogP contribution in [0, 0.1) is 20.2 Å². The molecule has 4 aromatic carbocycles. The highest BCUT2D eigenvalue weighted by Crippen LogP contribution is 2.30. The van der Waals surface area contributed by atoms with Crippen molar-refractivity contribution >= 4 is 44.3 Å². The first-order valence-corrected chi connectivity index (χ1v) is 8.23. The van der Waals surface area contributed by atoms with Crippen LogP contribution in [0.2, 0.25) is 0 Å². The SMILES string of the molecule is Nc1c([N+](=O)[O-])ccc2ccccc12.Nc1ccc([N+](=O)[O-])c2ccccc12. The topological polar surface area (TPSA) is 138 Å². The smallest absolute Gasteiger partial charge is 0.292 e. The molecule has 4 rings (SSSR count). The van der Waals surface area contributed by atoms with Crippen LogP contribution in [0.15, 0.2) is 72.8 Å². The van der Waals surface area contributed by atoms with Gasteiger partial charge in [0.2, 0.25) is 0 Å². The molecule has 0 unspecified atom stereocenters. The van der Waals surface area contributed by atoms with Crippen LogP contribution in [-0.2, 0) is 0 Å². The molecule has 28 heavy (non-hydrogen) atoms. The number of anilines is 2. The first-order chi connectivity index (χ1) is 13.4. The fourth-order valence-electron chi connectivity index (χ4n) is 2.91. The van der Waals surface area contributed by atoms with Crippen LogP contribution in [-0.4, -0.2) is 9.85 Å². The molecule has 0 saturated carbocycles. The van der Waals surface area contributed by atoms with Crippen molar-refractivity contribution in [2.45, 2.75) is 0 Å². The van der Waals surface area contributed by atoms with Gasteiger partial charge >= 0.3 is 0 Å². The normalized spacial score (nSPS) is 10.3. The predicted octanol–water partition coefficient (Wildman–Crippen LogP) is 4.66. The number of nitrogens with zero attached hydrogens (tertiary/aromatic N) is 2. The number of fused-ring (bicyclic) bond motifs is 2. The molecule has 140 valence electrons. The summed E-state index contributed by atoms with van der Waals surface area (Å²) in [5.41, 5.74) is 12.2. The summed E-state index contributed by atoms with van der Waals surface area (Å²) in [6.45, 7) is 0. The van der Waals surface area contributed by atoms with Crippen LogP contribution in [0.1, 0.15) is 0 Å². The monoisotopic (exact) mass is 376 g/mol. The number of non-ortho nitro benzene ring substituents is 1. The van der Waals surface area contributed by atoms with Crippen molar-refractivity contribution in [3.63, 3.8) is 0 Å². The number of hydrogen-bond donors (Lipinski definition) is 2. The van der Waals surface area contributed by atoms with E-state index in [-0.39, 0.29) is 17.1 Å². The van der Waals surface area contributed by atoms with Gasteiger partial charge in [-0.05, 0) is 23.6 Å². The van der Waals surface area contributed by atoms with Gasteiger partial charge in [0.05, 0.1) is 15.2 Å². The van der Waals surface area contributed by atoms with Gasteiger partial charge in [0.1, 0.15) is 5.69 Å². The van der Waals surface area contributed by atoms with E-state index in [1.165, 1.54) is 12.1 Å². The first-order valence-electron chi connectivity index (χ1n) is 8.23. The average molecular weight is 376 g/mol. The lowest BCUT2D eigenvalue weighted by molar-refractivity contribution is -0.383. The molecule has 0 aliphatic carbocycles. The van der Waals surface area contributed by atoms with Crippen LogP contribution in [0.5, 0.6) is 0 Å². The minimum atomic E-state index is -0.470. The number of rotatable bonds is 2. The summed E-state index contributed by atoms with van der Waals surface area (Å²) in [6.07, 6.45) is 0. The Morgan fingerprint density at radius 2 is 1.14 bits per heavy atom. The second kappa shape index (κ2) is 7.58. The van der Waals surface area contributed by atoms with Gasteiger partial charge in [-0.15, -0.1) is 0 Å². The summed E-state index contributed by atoms with van der Waals surface area (Å²) >= 11 is 0. The van der Waals surface area contributed by atoms with Crippen LogP contribution < -0.4 is 11.5 Å². The summed E-state index contributed by atoms with van der Waals surface area (Å²) in [5, 5.41) is 24.2. The Kier molecular flexibility index (Phi) is 5.03. The average Bonchev–Trinajstić information content (AvgIpc) is 2.69. The maximum absolute atomic E-state index is 10.7. The van der Waals surface area contributed by atoms with Gasteiger partial charge in [-0.3, -0.25) is 20.2 Å². The third-order valence-electron chi connectivity index (χ3n) is 4.28. The van der Waals surface area contributed by atoms with E-state index in [0.29, 0.717) is 11.1 Å². The van der Waals surface area contributed by atoms with Crippen LogP contribution >= 0.6 is 0 Å². The number of nitro benzene ring substituents is 2. The molecule has 4 N–H and O–H groups in total. The van der Waals surface area contributed by atoms with E-state index >= 15 is 0 Å². The molecule has 0 saturated heterocycles. The molecule has 8 heteroatoms. The van der Waals surface area contributed by atoms with Gasteiger partial charge < -0.3 is 11.5 Å². The highest BCUT2D eigenvalue weighted by molar-refractivity contribution is 5.99. The molecule has 0 aliphatic heterocycles. The van der Waals surface area contributed by atoms with E-state index in [2.05, 4.69) is 0 Å². The molecule has 0 atom stereocenters. The highest BCUT2D eigenvalue weighted by Gasteiger charge is 2.13. The molecular weight excluding hydrogens is 360 g/mol. The van der Waals surface area contributed by atoms with Gasteiger partial charge in [0, 0.05) is 28.6 Å². The van der Waals surface area contributed by atoms with Gasteiger partial charge in [0.25, 0.3) is 11.4 Å². The van der Waals surface area contributed by atoms with E-state index in [4.69, 9.17) is 11.5 Å². The molecule has 0 aliphatic rings. The maximum atomic E-state index is 10.7. The Morgan fingerprint density at radius 1 is 0.607 bits per heavy atom. The fourth-order valence-corrected chi connectivity index (χ4v) is 2.91. The third kappa shape index (κ3) is 3.51. The zero-order valence-corrected chi connectivity index (χ0v) is 14.6. The van der Waals surface area contributed by atoms with Gasteiger partial charge in [0.15, 0.2) is 0 Å². The van der Waals surface area contributed by atoms with E-state index in [9.17, 15) is 20.2 Å². The van der Waals surface area contributed by atoms with Gasteiger partial charge in [-0.1, -0.05) is 42.5 Å². The third-order valence-corrected chi connectivity index (χ3v) is 4.28. The van der Waals surface area contributed by atoms with Gasteiger partial charge in [-0.2, -0.15) is 0 Å². The van der Waals surface area contributed by atoms with Crippen molar-refractivity contribution in [2.75, 3.05) is 11.5 Å². The Balaban J connectivity index is 0.000000161. The van der Waals surface area contributed by atoms with Crippen molar-refractivity contribution in [3.8, 4) is 0 Å². The van der Waals surface area contributed by atoms with E-state index in [1.54, 1.807) is 36.4 Å². The number of benzene rings is 4. The highest BCUT2D eigenvalue weighted by atomic mass is 16.6. The van der Waals surface area contributed by atoms with Crippen molar-refractivity contribution in [1.29, 1.82) is 0 Å². The first kappa shape index (κ1) is 18.6. The van der Waals surface area contributed by atoms with E-state index < -0.39 is 9.85 Å². The Morgan fingerprint density at radius 3 is 1.79 bits per heavy atom. The summed E-state index contributed by atoms with van der Waals surface area (Å²) in [5.74, 6) is 0. The van der Waals surface area contributed by atoms with Crippen molar-refractivity contribution < 1.29 is 9.85 Å². The van der Waals surface area contributed by atoms with Crippen molar-refractivity contribution in [2.24, 2.45) is 0 Å². The second-order valence-corrected chi connectivity index (χ2v) is 5.95. The summed E-state index contributed by atoms with van der Waals surface area (Å²) < 4.78 is 0. The summed E-state index contributed by atoms with van der Waals surface area (Å²) in [4.78, 5) is 20.4. The molecule has 0 aromatic heterocycles. The van der Waals surface area contributed by atoms with Crippen molar-refractivity contribution in [1.82, 2.24) is 0 Å². The molecule has 0 bridgehead atoms. The quantitative estimate of drug-likeness (QED) is 0.296. The molecule has 8 nitrogen and oxygen atoms in total. The molecule has 0 amide bonds. The van der Waals surface area contributed by atoms with Crippen LogP contribution in [0.3, 0.4) is 0 Å². The lowest BCUT2D eigenvalue weighted by Crippen LogP contribution is -1.95. The Labute approximate surface area is 159 Å². The van der Waals surface area contributed by atoms with E-state index in [1.807, 2.05) is 24.3 Å². The van der Waals surface area contributed by atoms with Gasteiger partial charge in [-0.25, -0.2) is 0 Å². The summed E-state index contributed by atoms with van der Waals surface area (Å²) in [6, 6.07) is 20.5. The van der Waals surface area contributed by atoms with E-state index in [0.717, 1.165) is 16.2 Å². The van der Waals surface area contributed by atoms with Crippen LogP contribution in [0.25, 0.3) is 21.5 Å². The molecule has 0 heterocycles. The predicted molar refractivity (Wildman–Crippen MR) is 110 cm³/mol. The molecule has 4 aromatic rings. The Bertz CT molecular complexity index is 1200. The second-order valence-electron chi connectivity index (χ2n) is 5.95. The lowest BCUT2D eigenvalue weighted by Gasteiger charge is -2.01. The number of nitro groups is 2. The standard InChI is InChI=1S/2C10H8N2O2/c11-9-5-6-10(12(13)14)8-4-2-1-3-7(8)9;11-10-8-4-2-1-3-7(8)5-6-9(10)12(13)14/h2*1-6H,11H2. The molecule has 0 fully saturated rings. The largest absolute Gasteiger partial charge is 0.398 e. The minimum Gasteiger partial charge on any atom is -0.398 e. The zero-order valence-electron chi connectivity index (χ0n) is 14.6. The summed E-state index contributed by atoms with van der Waals surface area (Å²) in [7, 11) is 0. The van der Waals surface area contributed by atoms with Crippen LogP contribution in [0.4, 0.5) is 22.7 Å². The molecular formula is C20H16N4O4. The maximum Gasteiger partial charge on any atom is 0.292 e. The number of hydrogen-bond acceptors (Lipinski definition) is 6.